The summed E-state index contributed by atoms with van der Waals surface area (Å²) in [6.45, 7) is 1.23. The smallest absolute Gasteiger partial charge is 0.478 e. The van der Waals surface area contributed by atoms with Crippen LogP contribution in [0.1, 0.15) is 41.6 Å². The molecule has 2 saturated carbocycles. The normalized spacial score (nSPS) is 22.8. The van der Waals surface area contributed by atoms with Crippen molar-refractivity contribution in [1.82, 2.24) is 4.98 Å². The zero-order valence-electron chi connectivity index (χ0n) is 22.2. The number of hydrogen-bond acceptors (Lipinski definition) is 8. The molecular formula is C29H27F4N3O5S. The van der Waals surface area contributed by atoms with Gasteiger partial charge in [-0.3, -0.25) is 4.79 Å². The SMILES string of the molecule is NC(=C(COC1C[C@@H]2CN(c3nc4c(F)cc(C(=O)O)cc4s3)C[C@@H]2C1)C(=O)C1CC1)c1ccccc1OC(F)(F)F. The summed E-state index contributed by atoms with van der Waals surface area (Å²) in [6, 6.07) is 7.87. The molecule has 3 fully saturated rings. The lowest BCUT2D eigenvalue weighted by Gasteiger charge is -2.20. The standard InChI is InChI=1S/C29H27F4N3O5S/c30-21-9-15(27(38)39)10-23-25(21)35-28(42-23)36-11-16-7-18(8-17(16)12-36)40-13-20(26(37)14-5-6-14)24(34)19-3-1-2-4-22(19)41-29(31,32)33/h1-4,9-10,14,16-18H,5-8,11-13,34H2,(H,38,39)/t16-,17+,18?. The maximum atomic E-state index is 14.5. The number of carbonyl (C=O) groups excluding carboxylic acids is 1. The summed E-state index contributed by atoms with van der Waals surface area (Å²) in [7, 11) is 0. The van der Waals surface area contributed by atoms with Crippen LogP contribution in [0.5, 0.6) is 5.75 Å². The Morgan fingerprint density at radius 2 is 1.81 bits per heavy atom. The van der Waals surface area contributed by atoms with Gasteiger partial charge in [-0.05, 0) is 61.8 Å². The van der Waals surface area contributed by atoms with Gasteiger partial charge in [0.15, 0.2) is 16.7 Å². The van der Waals surface area contributed by atoms with Gasteiger partial charge < -0.3 is 25.2 Å². The Hall–Kier alpha value is -3.71. The first-order valence-electron chi connectivity index (χ1n) is 13.5. The number of fused-ring (bicyclic) bond motifs is 2. The number of nitrogens with zero attached hydrogens (tertiary/aromatic N) is 2. The lowest BCUT2D eigenvalue weighted by Crippen LogP contribution is -2.24. The van der Waals surface area contributed by atoms with Crippen molar-refractivity contribution in [2.45, 2.75) is 38.1 Å². The van der Waals surface area contributed by atoms with E-state index in [0.717, 1.165) is 12.1 Å². The molecule has 3 atom stereocenters. The summed E-state index contributed by atoms with van der Waals surface area (Å²) < 4.78 is 64.2. The van der Waals surface area contributed by atoms with E-state index in [-0.39, 0.29) is 64.2 Å². The number of nitrogens with two attached hydrogens (primary N) is 1. The van der Waals surface area contributed by atoms with E-state index in [0.29, 0.717) is 48.6 Å². The lowest BCUT2D eigenvalue weighted by atomic mass is 10.0. The maximum absolute atomic E-state index is 14.5. The van der Waals surface area contributed by atoms with E-state index in [1.165, 1.54) is 35.6 Å². The number of ketones is 1. The van der Waals surface area contributed by atoms with Gasteiger partial charge in [0.05, 0.1) is 28.7 Å². The summed E-state index contributed by atoms with van der Waals surface area (Å²) in [5.74, 6) is -2.24. The Balaban J connectivity index is 1.14. The number of carboxylic acids is 1. The van der Waals surface area contributed by atoms with Crippen LogP contribution in [-0.2, 0) is 9.53 Å². The number of Topliss-reactive ketones (excluding diaryl/α,β-unsaturated/α-hetero) is 1. The third-order valence-corrected chi connectivity index (χ3v) is 9.16. The number of anilines is 1. The molecule has 42 heavy (non-hydrogen) atoms. The van der Waals surface area contributed by atoms with Crippen molar-refractivity contribution < 1.29 is 41.7 Å². The van der Waals surface area contributed by atoms with E-state index in [4.69, 9.17) is 10.5 Å². The van der Waals surface area contributed by atoms with Gasteiger partial charge in [0, 0.05) is 30.1 Å². The number of carboxylic acid groups (broad SMARTS) is 1. The molecule has 0 amide bonds. The molecule has 2 heterocycles. The minimum Gasteiger partial charge on any atom is -0.478 e. The molecule has 8 nitrogen and oxygen atoms in total. The van der Waals surface area contributed by atoms with Crippen molar-refractivity contribution in [3.63, 3.8) is 0 Å². The Labute approximate surface area is 241 Å². The van der Waals surface area contributed by atoms with Gasteiger partial charge in [-0.1, -0.05) is 23.5 Å². The first-order chi connectivity index (χ1) is 20.0. The van der Waals surface area contributed by atoms with Gasteiger partial charge in [-0.25, -0.2) is 14.2 Å². The molecule has 1 aliphatic heterocycles. The number of rotatable bonds is 9. The largest absolute Gasteiger partial charge is 0.573 e. The van der Waals surface area contributed by atoms with Crippen LogP contribution in [-0.4, -0.2) is 54.0 Å². The highest BCUT2D eigenvalue weighted by molar-refractivity contribution is 7.22. The highest BCUT2D eigenvalue weighted by Crippen LogP contribution is 2.43. The van der Waals surface area contributed by atoms with Crippen LogP contribution < -0.4 is 15.4 Å². The van der Waals surface area contributed by atoms with Crippen LogP contribution in [0.3, 0.4) is 0 Å². The fourth-order valence-electron chi connectivity index (χ4n) is 5.91. The van der Waals surface area contributed by atoms with Crippen molar-refractivity contribution >= 4 is 44.1 Å². The van der Waals surface area contributed by atoms with Gasteiger partial charge in [-0.2, -0.15) is 0 Å². The molecular weight excluding hydrogens is 578 g/mol. The molecule has 3 aromatic rings. The first kappa shape index (κ1) is 28.4. The van der Waals surface area contributed by atoms with E-state index in [9.17, 15) is 32.3 Å². The van der Waals surface area contributed by atoms with Crippen molar-refractivity contribution in [1.29, 1.82) is 0 Å². The summed E-state index contributed by atoms with van der Waals surface area (Å²) >= 11 is 1.25. The number of thiazole rings is 1. The minimum absolute atomic E-state index is 0.0101. The molecule has 2 aromatic carbocycles. The van der Waals surface area contributed by atoms with E-state index in [1.807, 2.05) is 0 Å². The zero-order valence-corrected chi connectivity index (χ0v) is 23.0. The molecule has 1 unspecified atom stereocenters. The molecule has 0 radical (unpaired) electrons. The molecule has 3 aliphatic rings. The number of carbonyl (C=O) groups is 2. The van der Waals surface area contributed by atoms with Crippen molar-refractivity contribution in [2.24, 2.45) is 23.5 Å². The monoisotopic (exact) mass is 605 g/mol. The van der Waals surface area contributed by atoms with Crippen LogP contribution in [0.15, 0.2) is 42.0 Å². The first-order valence-corrected chi connectivity index (χ1v) is 14.4. The Kier molecular flexibility index (Phi) is 7.34. The fourth-order valence-corrected chi connectivity index (χ4v) is 6.95. The van der Waals surface area contributed by atoms with Crippen LogP contribution in [0.2, 0.25) is 0 Å². The third-order valence-electron chi connectivity index (χ3n) is 8.10. The second-order valence-electron chi connectivity index (χ2n) is 11.0. The van der Waals surface area contributed by atoms with Gasteiger partial charge in [0.25, 0.3) is 0 Å². The zero-order chi connectivity index (χ0) is 29.8. The van der Waals surface area contributed by atoms with E-state index in [2.05, 4.69) is 14.6 Å². The predicted octanol–water partition coefficient (Wildman–Crippen LogP) is 5.61. The average Bonchev–Trinajstić information content (AvgIpc) is 3.39. The number of para-hydroxylation sites is 1. The molecule has 1 aromatic heterocycles. The van der Waals surface area contributed by atoms with Gasteiger partial charge >= 0.3 is 12.3 Å². The topological polar surface area (TPSA) is 115 Å². The Morgan fingerprint density at radius 1 is 1.12 bits per heavy atom. The third kappa shape index (κ3) is 5.80. The molecule has 1 saturated heterocycles. The molecule has 3 N–H and O–H groups in total. The molecule has 6 rings (SSSR count). The van der Waals surface area contributed by atoms with Gasteiger partial charge in [-0.15, -0.1) is 13.2 Å². The molecule has 0 bridgehead atoms. The van der Waals surface area contributed by atoms with Crippen LogP contribution in [0.4, 0.5) is 22.7 Å². The van der Waals surface area contributed by atoms with Crippen molar-refractivity contribution in [2.75, 3.05) is 24.6 Å². The second-order valence-corrected chi connectivity index (χ2v) is 12.0. The van der Waals surface area contributed by atoms with Crippen LogP contribution in [0, 0.1) is 23.6 Å². The molecule has 222 valence electrons. The summed E-state index contributed by atoms with van der Waals surface area (Å²) in [4.78, 5) is 30.9. The molecule has 2 aliphatic carbocycles. The Morgan fingerprint density at radius 3 is 2.45 bits per heavy atom. The number of benzene rings is 2. The van der Waals surface area contributed by atoms with E-state index < -0.39 is 23.9 Å². The fraction of sp³-hybridized carbons (Fsp3) is 0.414. The van der Waals surface area contributed by atoms with Crippen LogP contribution in [0.25, 0.3) is 15.9 Å². The second kappa shape index (κ2) is 10.8. The highest BCUT2D eigenvalue weighted by Gasteiger charge is 2.43. The Bertz CT molecular complexity index is 1570. The lowest BCUT2D eigenvalue weighted by molar-refractivity contribution is -0.274. The van der Waals surface area contributed by atoms with E-state index >= 15 is 0 Å². The predicted molar refractivity (Wildman–Crippen MR) is 147 cm³/mol. The number of hydrogen-bond donors (Lipinski definition) is 2. The quantitative estimate of drug-likeness (QED) is 0.239. The summed E-state index contributed by atoms with van der Waals surface area (Å²) in [6.07, 6.45) is -2.25. The number of halogens is 4. The summed E-state index contributed by atoms with van der Waals surface area (Å²) in [5.41, 5.74) is 6.41. The number of alkyl halides is 3. The number of aromatic nitrogens is 1. The van der Waals surface area contributed by atoms with Gasteiger partial charge in [0.1, 0.15) is 11.3 Å². The maximum Gasteiger partial charge on any atom is 0.573 e. The van der Waals surface area contributed by atoms with Crippen molar-refractivity contribution in [3.8, 4) is 5.75 Å². The number of ether oxygens (including phenoxy) is 2. The molecule has 13 heteroatoms. The highest BCUT2D eigenvalue weighted by atomic mass is 32.1. The average molecular weight is 606 g/mol. The van der Waals surface area contributed by atoms with E-state index in [1.54, 1.807) is 0 Å². The van der Waals surface area contributed by atoms with Crippen molar-refractivity contribution in [3.05, 3.63) is 58.9 Å². The van der Waals surface area contributed by atoms with Gasteiger partial charge in [0.2, 0.25) is 0 Å². The van der Waals surface area contributed by atoms with Crippen LogP contribution >= 0.6 is 11.3 Å². The number of aromatic carboxylic acids is 1. The molecule has 0 spiro atoms. The summed E-state index contributed by atoms with van der Waals surface area (Å²) in [5, 5.41) is 9.85. The minimum atomic E-state index is -4.91.